The topological polar surface area (TPSA) is 20.2 Å². The number of hydrogen-bond donors (Lipinski definition) is 1. The Morgan fingerprint density at radius 2 is 1.94 bits per heavy atom. The van der Waals surface area contributed by atoms with Gasteiger partial charge in [-0.3, -0.25) is 0 Å². The maximum Gasteiger partial charge on any atom is 0.389 e. The third-order valence-electron chi connectivity index (χ3n) is 2.03. The van der Waals surface area contributed by atoms with Crippen LogP contribution >= 0.6 is 11.6 Å². The Kier molecular flexibility index (Phi) is 4.15. The molecule has 1 nitrogen and oxygen atoms in total. The molecule has 0 fully saturated rings. The van der Waals surface area contributed by atoms with Gasteiger partial charge in [-0.05, 0) is 24.1 Å². The molecule has 0 aliphatic rings. The van der Waals surface area contributed by atoms with Crippen molar-refractivity contribution >= 4 is 11.6 Å². The number of aliphatic hydroxyl groups is 1. The number of halogens is 5. The van der Waals surface area contributed by atoms with Crippen LogP contribution in [0.1, 0.15) is 24.5 Å². The van der Waals surface area contributed by atoms with E-state index in [9.17, 15) is 22.7 Å². The highest BCUT2D eigenvalue weighted by Gasteiger charge is 2.28. The third kappa shape index (κ3) is 3.98. The Hall–Kier alpha value is -0.810. The highest BCUT2D eigenvalue weighted by Crippen LogP contribution is 2.28. The molecule has 0 amide bonds. The first-order chi connectivity index (χ1) is 7.29. The smallest absolute Gasteiger partial charge is 0.388 e. The van der Waals surface area contributed by atoms with Crippen molar-refractivity contribution in [1.82, 2.24) is 0 Å². The number of aliphatic hydroxyl groups excluding tert-OH is 1. The molecular weight excluding hydrogens is 248 g/mol. The maximum absolute atomic E-state index is 12.9. The van der Waals surface area contributed by atoms with Crippen molar-refractivity contribution < 1.29 is 22.7 Å². The molecule has 1 aromatic rings. The van der Waals surface area contributed by atoms with E-state index >= 15 is 0 Å². The van der Waals surface area contributed by atoms with Crippen molar-refractivity contribution in [2.75, 3.05) is 0 Å². The summed E-state index contributed by atoms with van der Waals surface area (Å²) in [6.07, 6.45) is -7.28. The molecule has 1 atom stereocenters. The van der Waals surface area contributed by atoms with Gasteiger partial charge in [-0.25, -0.2) is 4.39 Å². The van der Waals surface area contributed by atoms with E-state index in [0.717, 1.165) is 6.07 Å². The van der Waals surface area contributed by atoms with Gasteiger partial charge < -0.3 is 5.11 Å². The molecule has 0 bridgehead atoms. The molecule has 0 saturated carbocycles. The Balaban J connectivity index is 2.66. The van der Waals surface area contributed by atoms with Crippen LogP contribution in [0, 0.1) is 5.82 Å². The summed E-state index contributed by atoms with van der Waals surface area (Å²) in [5, 5.41) is 9.26. The maximum atomic E-state index is 12.9. The fraction of sp³-hybridized carbons (Fsp3) is 0.400. The van der Waals surface area contributed by atoms with Gasteiger partial charge in [0.1, 0.15) is 5.82 Å². The van der Waals surface area contributed by atoms with E-state index in [2.05, 4.69) is 0 Å². The number of hydrogen-bond acceptors (Lipinski definition) is 1. The Morgan fingerprint density at radius 3 is 2.44 bits per heavy atom. The summed E-state index contributed by atoms with van der Waals surface area (Å²) >= 11 is 5.40. The summed E-state index contributed by atoms with van der Waals surface area (Å²) in [4.78, 5) is 0. The van der Waals surface area contributed by atoms with Crippen LogP contribution in [0.4, 0.5) is 17.6 Å². The van der Waals surface area contributed by atoms with E-state index in [1.807, 2.05) is 0 Å². The highest BCUT2D eigenvalue weighted by atomic mass is 35.5. The summed E-state index contributed by atoms with van der Waals surface area (Å²) < 4.78 is 48.6. The van der Waals surface area contributed by atoms with Crippen molar-refractivity contribution in [3.05, 3.63) is 34.6 Å². The normalized spacial score (nSPS) is 13.9. The Morgan fingerprint density at radius 1 is 1.31 bits per heavy atom. The second-order valence-electron chi connectivity index (χ2n) is 3.34. The molecule has 90 valence electrons. The number of benzene rings is 1. The third-order valence-corrected chi connectivity index (χ3v) is 2.34. The highest BCUT2D eigenvalue weighted by molar-refractivity contribution is 6.30. The molecule has 1 N–H and O–H groups in total. The summed E-state index contributed by atoms with van der Waals surface area (Å²) in [5.74, 6) is -0.759. The van der Waals surface area contributed by atoms with Gasteiger partial charge in [0, 0.05) is 6.42 Å². The minimum Gasteiger partial charge on any atom is -0.388 e. The zero-order valence-corrected chi connectivity index (χ0v) is 8.82. The summed E-state index contributed by atoms with van der Waals surface area (Å²) in [5.41, 5.74) is 0.0890. The molecule has 0 aromatic heterocycles. The van der Waals surface area contributed by atoms with Crippen molar-refractivity contribution in [2.24, 2.45) is 0 Å². The lowest BCUT2D eigenvalue weighted by atomic mass is 10.0. The van der Waals surface area contributed by atoms with Crippen LogP contribution < -0.4 is 0 Å². The zero-order chi connectivity index (χ0) is 12.3. The molecule has 1 aromatic carbocycles. The predicted molar refractivity (Wildman–Crippen MR) is 51.7 cm³/mol. The SMILES string of the molecule is OC(CCC(F)(F)F)c1ccc(Cl)c(F)c1. The number of alkyl halides is 3. The Labute approximate surface area is 94.7 Å². The predicted octanol–water partition coefficient (Wildman–Crippen LogP) is 3.86. The average molecular weight is 257 g/mol. The van der Waals surface area contributed by atoms with Crippen molar-refractivity contribution in [3.63, 3.8) is 0 Å². The van der Waals surface area contributed by atoms with E-state index in [1.165, 1.54) is 12.1 Å². The lowest BCUT2D eigenvalue weighted by Gasteiger charge is -2.12. The van der Waals surface area contributed by atoms with E-state index in [-0.39, 0.29) is 10.6 Å². The number of rotatable bonds is 3. The van der Waals surface area contributed by atoms with Gasteiger partial charge in [-0.1, -0.05) is 17.7 Å². The quantitative estimate of drug-likeness (QED) is 0.815. The molecule has 6 heteroatoms. The first kappa shape index (κ1) is 13.3. The molecule has 0 radical (unpaired) electrons. The van der Waals surface area contributed by atoms with E-state index in [4.69, 9.17) is 11.6 Å². The molecule has 0 spiro atoms. The molecular formula is C10H9ClF4O. The first-order valence-corrected chi connectivity index (χ1v) is 4.87. The van der Waals surface area contributed by atoms with E-state index in [0.29, 0.717) is 0 Å². The molecule has 0 heterocycles. The van der Waals surface area contributed by atoms with Crippen molar-refractivity contribution in [1.29, 1.82) is 0 Å². The van der Waals surface area contributed by atoms with Gasteiger partial charge in [0.2, 0.25) is 0 Å². The fourth-order valence-corrected chi connectivity index (χ4v) is 1.30. The van der Waals surface area contributed by atoms with Crippen molar-refractivity contribution in [3.8, 4) is 0 Å². The molecule has 0 aliphatic heterocycles. The second kappa shape index (κ2) is 5.01. The molecule has 16 heavy (non-hydrogen) atoms. The monoisotopic (exact) mass is 256 g/mol. The van der Waals surface area contributed by atoms with Crippen LogP contribution in [0.25, 0.3) is 0 Å². The molecule has 1 rings (SSSR count). The van der Waals surface area contributed by atoms with Gasteiger partial charge in [-0.15, -0.1) is 0 Å². The van der Waals surface area contributed by atoms with Crippen LogP contribution in [0.3, 0.4) is 0 Å². The largest absolute Gasteiger partial charge is 0.389 e. The van der Waals surface area contributed by atoms with Crippen LogP contribution in [-0.2, 0) is 0 Å². The first-order valence-electron chi connectivity index (χ1n) is 4.49. The standard InChI is InChI=1S/C10H9ClF4O/c11-7-2-1-6(5-8(7)12)9(16)3-4-10(13,14)15/h1-2,5,9,16H,3-4H2. The van der Waals surface area contributed by atoms with E-state index < -0.39 is 30.9 Å². The minimum atomic E-state index is -4.33. The van der Waals surface area contributed by atoms with Crippen LogP contribution in [-0.4, -0.2) is 11.3 Å². The minimum absolute atomic E-state index is 0.0890. The summed E-state index contributed by atoms with van der Waals surface area (Å²) in [6.45, 7) is 0. The second-order valence-corrected chi connectivity index (χ2v) is 3.75. The van der Waals surface area contributed by atoms with Crippen LogP contribution in [0.2, 0.25) is 5.02 Å². The lowest BCUT2D eigenvalue weighted by Crippen LogP contribution is -2.10. The average Bonchev–Trinajstić information content (AvgIpc) is 2.17. The molecule has 0 aliphatic carbocycles. The van der Waals surface area contributed by atoms with Crippen LogP contribution in [0.5, 0.6) is 0 Å². The summed E-state index contributed by atoms with van der Waals surface area (Å²) in [7, 11) is 0. The van der Waals surface area contributed by atoms with Gasteiger partial charge >= 0.3 is 6.18 Å². The zero-order valence-electron chi connectivity index (χ0n) is 8.06. The van der Waals surface area contributed by atoms with Crippen molar-refractivity contribution in [2.45, 2.75) is 25.1 Å². The van der Waals surface area contributed by atoms with Gasteiger partial charge in [0.15, 0.2) is 0 Å². The lowest BCUT2D eigenvalue weighted by molar-refractivity contribution is -0.140. The van der Waals surface area contributed by atoms with Gasteiger partial charge in [0.25, 0.3) is 0 Å². The summed E-state index contributed by atoms with van der Waals surface area (Å²) in [6, 6.07) is 3.43. The van der Waals surface area contributed by atoms with Gasteiger partial charge in [0.05, 0.1) is 11.1 Å². The Bertz CT molecular complexity index is 364. The van der Waals surface area contributed by atoms with Gasteiger partial charge in [-0.2, -0.15) is 13.2 Å². The fourth-order valence-electron chi connectivity index (χ4n) is 1.19. The molecule has 0 saturated heterocycles. The van der Waals surface area contributed by atoms with Crippen LogP contribution in [0.15, 0.2) is 18.2 Å². The molecule has 1 unspecified atom stereocenters. The van der Waals surface area contributed by atoms with E-state index in [1.54, 1.807) is 0 Å².